The molecule has 0 unspecified atom stereocenters. The second kappa shape index (κ2) is 6.90. The molecule has 0 radical (unpaired) electrons. The lowest BCUT2D eigenvalue weighted by Gasteiger charge is -2.27. The lowest BCUT2D eigenvalue weighted by atomic mass is 9.98. The van der Waals surface area contributed by atoms with Gasteiger partial charge in [-0.15, -0.1) is 0 Å². The van der Waals surface area contributed by atoms with Crippen LogP contribution < -0.4 is 0 Å². The largest absolute Gasteiger partial charge is 0.379 e. The smallest absolute Gasteiger partial charge is 0.0594 e. The molecular weight excluding hydrogens is 284 g/mol. The van der Waals surface area contributed by atoms with E-state index in [0.29, 0.717) is 0 Å². The fraction of sp³-hybridized carbons (Fsp3) is 0.500. The highest BCUT2D eigenvalue weighted by atomic mass is 16.5. The van der Waals surface area contributed by atoms with Crippen LogP contribution in [0.15, 0.2) is 36.4 Å². The van der Waals surface area contributed by atoms with Gasteiger partial charge in [0.15, 0.2) is 0 Å². The van der Waals surface area contributed by atoms with Crippen molar-refractivity contribution >= 4 is 0 Å². The van der Waals surface area contributed by atoms with Crippen LogP contribution in [0.1, 0.15) is 35.4 Å². The van der Waals surface area contributed by atoms with Gasteiger partial charge in [0.05, 0.1) is 13.2 Å². The molecule has 0 spiro atoms. The Kier molecular flexibility index (Phi) is 4.49. The molecule has 3 nitrogen and oxygen atoms in total. The van der Waals surface area contributed by atoms with Crippen LogP contribution in [-0.2, 0) is 30.7 Å². The number of hydrogen-bond acceptors (Lipinski definition) is 2. The zero-order valence-corrected chi connectivity index (χ0v) is 13.8. The van der Waals surface area contributed by atoms with Gasteiger partial charge in [-0.25, -0.2) is 0 Å². The van der Waals surface area contributed by atoms with E-state index in [2.05, 4.69) is 45.9 Å². The molecule has 0 bridgehead atoms. The number of fused-ring (bicyclic) bond motifs is 1. The number of aryl methyl sites for hydroxylation is 1. The van der Waals surface area contributed by atoms with Crippen molar-refractivity contribution in [3.05, 3.63) is 58.9 Å². The average Bonchev–Trinajstić information content (AvgIpc) is 2.94. The van der Waals surface area contributed by atoms with Crippen LogP contribution in [0.2, 0.25) is 0 Å². The van der Waals surface area contributed by atoms with Crippen LogP contribution in [-0.4, -0.2) is 35.8 Å². The van der Waals surface area contributed by atoms with Gasteiger partial charge >= 0.3 is 0 Å². The van der Waals surface area contributed by atoms with Gasteiger partial charge in [0.25, 0.3) is 0 Å². The van der Waals surface area contributed by atoms with E-state index in [1.54, 1.807) is 11.3 Å². The zero-order valence-electron chi connectivity index (χ0n) is 13.8. The topological polar surface area (TPSA) is 17.4 Å². The lowest BCUT2D eigenvalue weighted by Crippen LogP contribution is -2.36. The Hall–Kier alpha value is -1.58. The quantitative estimate of drug-likeness (QED) is 0.862. The average molecular weight is 310 g/mol. The third kappa shape index (κ3) is 3.36. The SMILES string of the molecule is c1ccc(Cn2c(CN3CCOCC3)cc3c2CCCC3)cc1. The summed E-state index contributed by atoms with van der Waals surface area (Å²) in [6.07, 6.45) is 5.18. The van der Waals surface area contributed by atoms with Gasteiger partial charge in [-0.2, -0.15) is 0 Å². The highest BCUT2D eigenvalue weighted by Gasteiger charge is 2.20. The number of ether oxygens (including phenoxy) is 1. The normalized spacial score (nSPS) is 18.8. The van der Waals surface area contributed by atoms with E-state index in [1.807, 2.05) is 0 Å². The minimum atomic E-state index is 0.874. The third-order valence-corrected chi connectivity index (χ3v) is 5.17. The number of morpholine rings is 1. The van der Waals surface area contributed by atoms with Gasteiger partial charge in [-0.05, 0) is 42.9 Å². The van der Waals surface area contributed by atoms with E-state index >= 15 is 0 Å². The second-order valence-corrected chi connectivity index (χ2v) is 6.77. The molecule has 2 aliphatic rings. The van der Waals surface area contributed by atoms with E-state index in [9.17, 15) is 0 Å². The van der Waals surface area contributed by atoms with Gasteiger partial charge in [0.2, 0.25) is 0 Å². The molecule has 4 rings (SSSR count). The van der Waals surface area contributed by atoms with Crippen LogP contribution in [0, 0.1) is 0 Å². The highest BCUT2D eigenvalue weighted by Crippen LogP contribution is 2.27. The first-order valence-electron chi connectivity index (χ1n) is 8.94. The molecule has 2 heterocycles. The van der Waals surface area contributed by atoms with Crippen molar-refractivity contribution in [3.63, 3.8) is 0 Å². The third-order valence-electron chi connectivity index (χ3n) is 5.17. The first-order chi connectivity index (χ1) is 11.4. The first-order valence-corrected chi connectivity index (χ1v) is 8.94. The summed E-state index contributed by atoms with van der Waals surface area (Å²) in [5, 5.41) is 0. The van der Waals surface area contributed by atoms with Gasteiger partial charge in [0.1, 0.15) is 0 Å². The van der Waals surface area contributed by atoms with Gasteiger partial charge in [-0.1, -0.05) is 30.3 Å². The van der Waals surface area contributed by atoms with Crippen molar-refractivity contribution in [1.82, 2.24) is 9.47 Å². The van der Waals surface area contributed by atoms with Gasteiger partial charge in [0, 0.05) is 37.6 Å². The molecule has 1 saturated heterocycles. The van der Waals surface area contributed by atoms with Crippen molar-refractivity contribution in [2.75, 3.05) is 26.3 Å². The van der Waals surface area contributed by atoms with E-state index in [4.69, 9.17) is 4.74 Å². The summed E-state index contributed by atoms with van der Waals surface area (Å²) < 4.78 is 8.09. The molecule has 0 N–H and O–H groups in total. The van der Waals surface area contributed by atoms with Gasteiger partial charge in [-0.3, -0.25) is 4.90 Å². The molecule has 1 aliphatic carbocycles. The van der Waals surface area contributed by atoms with Crippen LogP contribution in [0.3, 0.4) is 0 Å². The minimum absolute atomic E-state index is 0.874. The Bertz CT molecular complexity index is 641. The molecule has 1 aliphatic heterocycles. The molecular formula is C20H26N2O. The van der Waals surface area contributed by atoms with Crippen LogP contribution in [0.4, 0.5) is 0 Å². The van der Waals surface area contributed by atoms with Crippen LogP contribution >= 0.6 is 0 Å². The Morgan fingerprint density at radius 3 is 2.52 bits per heavy atom. The van der Waals surface area contributed by atoms with E-state index in [0.717, 1.165) is 39.4 Å². The number of hydrogen-bond donors (Lipinski definition) is 0. The molecule has 0 atom stereocenters. The van der Waals surface area contributed by atoms with Gasteiger partial charge < -0.3 is 9.30 Å². The maximum Gasteiger partial charge on any atom is 0.0594 e. The number of rotatable bonds is 4. The summed E-state index contributed by atoms with van der Waals surface area (Å²) >= 11 is 0. The molecule has 1 aromatic carbocycles. The Morgan fingerprint density at radius 1 is 0.913 bits per heavy atom. The summed E-state index contributed by atoms with van der Waals surface area (Å²) in [6.45, 7) is 5.93. The van der Waals surface area contributed by atoms with Crippen molar-refractivity contribution < 1.29 is 4.74 Å². The summed E-state index contributed by atoms with van der Waals surface area (Å²) in [7, 11) is 0. The molecule has 122 valence electrons. The molecule has 2 aromatic rings. The number of aromatic nitrogens is 1. The van der Waals surface area contributed by atoms with Crippen molar-refractivity contribution in [3.8, 4) is 0 Å². The standard InChI is InChI=1S/C20H26N2O/c1-2-6-17(7-3-1)15-22-19(16-21-10-12-23-13-11-21)14-18-8-4-5-9-20(18)22/h1-3,6-7,14H,4-5,8-13,15-16H2. The Labute approximate surface area is 138 Å². The maximum absolute atomic E-state index is 5.50. The Morgan fingerprint density at radius 2 is 1.70 bits per heavy atom. The lowest BCUT2D eigenvalue weighted by molar-refractivity contribution is 0.0332. The minimum Gasteiger partial charge on any atom is -0.379 e. The zero-order chi connectivity index (χ0) is 15.5. The molecule has 23 heavy (non-hydrogen) atoms. The summed E-state index contributed by atoms with van der Waals surface area (Å²) in [6, 6.07) is 13.4. The highest BCUT2D eigenvalue weighted by molar-refractivity contribution is 5.32. The fourth-order valence-electron chi connectivity index (χ4n) is 3.91. The summed E-state index contributed by atoms with van der Waals surface area (Å²) in [5.74, 6) is 0. The second-order valence-electron chi connectivity index (χ2n) is 6.77. The van der Waals surface area contributed by atoms with Crippen molar-refractivity contribution in [2.45, 2.75) is 38.8 Å². The van der Waals surface area contributed by atoms with E-state index in [-0.39, 0.29) is 0 Å². The molecule has 3 heteroatoms. The predicted molar refractivity (Wildman–Crippen MR) is 92.7 cm³/mol. The first kappa shape index (κ1) is 15.0. The van der Waals surface area contributed by atoms with Crippen LogP contribution in [0.25, 0.3) is 0 Å². The fourth-order valence-corrected chi connectivity index (χ4v) is 3.91. The van der Waals surface area contributed by atoms with Crippen molar-refractivity contribution in [1.29, 1.82) is 0 Å². The molecule has 0 amide bonds. The van der Waals surface area contributed by atoms with E-state index < -0.39 is 0 Å². The monoisotopic (exact) mass is 310 g/mol. The Balaban J connectivity index is 1.62. The summed E-state index contributed by atoms with van der Waals surface area (Å²) in [4.78, 5) is 2.53. The molecule has 1 aromatic heterocycles. The van der Waals surface area contributed by atoms with Crippen LogP contribution in [0.5, 0.6) is 0 Å². The van der Waals surface area contributed by atoms with E-state index in [1.165, 1.54) is 36.9 Å². The number of benzene rings is 1. The summed E-state index contributed by atoms with van der Waals surface area (Å²) in [5.41, 5.74) is 6.07. The van der Waals surface area contributed by atoms with Crippen molar-refractivity contribution in [2.24, 2.45) is 0 Å². The molecule has 1 fully saturated rings. The maximum atomic E-state index is 5.50. The molecule has 0 saturated carbocycles. The number of nitrogens with zero attached hydrogens (tertiary/aromatic N) is 2. The predicted octanol–water partition coefficient (Wildman–Crippen LogP) is 3.25.